The van der Waals surface area contributed by atoms with E-state index in [1.54, 1.807) is 30.9 Å². The molecule has 32 heteroatoms. The van der Waals surface area contributed by atoms with Gasteiger partial charge in [-0.2, -0.15) is 0 Å². The minimum absolute atomic E-state index is 0.0251. The molecule has 4 aromatic carbocycles. The zero-order valence-corrected chi connectivity index (χ0v) is 58.1. The summed E-state index contributed by atoms with van der Waals surface area (Å²) in [5, 5.41) is 76.4. The molecule has 0 radical (unpaired) electrons. The molecule has 1 saturated heterocycles. The summed E-state index contributed by atoms with van der Waals surface area (Å²) in [7, 11) is 1.50. The van der Waals surface area contributed by atoms with E-state index in [2.05, 4.69) is 36.9 Å². The number of nitrogens with zero attached hydrogens (tertiary/aromatic N) is 6. The smallest absolute Gasteiger partial charge is 0.407 e. The first-order valence-electron chi connectivity index (χ1n) is 34.5. The quantitative estimate of drug-likeness (QED) is 0.0274. The number of aryl methyl sites for hydroxylation is 1. The fourth-order valence-corrected chi connectivity index (χ4v) is 13.9. The van der Waals surface area contributed by atoms with Crippen molar-refractivity contribution in [2.24, 2.45) is 0 Å². The molecule has 5 aliphatic rings. The number of benzene rings is 4. The predicted molar refractivity (Wildman–Crippen MR) is 368 cm³/mol. The summed E-state index contributed by atoms with van der Waals surface area (Å²) in [6, 6.07) is 19.7. The van der Waals surface area contributed by atoms with Crippen molar-refractivity contribution in [3.05, 3.63) is 145 Å². The van der Waals surface area contributed by atoms with Crippen LogP contribution in [-0.2, 0) is 102 Å². The van der Waals surface area contributed by atoms with E-state index in [-0.39, 0.29) is 130 Å². The van der Waals surface area contributed by atoms with E-state index in [9.17, 15) is 68.7 Å². The number of pyridine rings is 2. The number of carbonyl (C=O) groups is 8. The molecule has 0 saturated carbocycles. The molecule has 105 heavy (non-hydrogen) atoms. The first-order valence-corrected chi connectivity index (χ1v) is 34.5. The number of nitrogens with one attached hydrogen (secondary N) is 5. The maximum Gasteiger partial charge on any atom is 0.407 e. The SMILES string of the molecule is CCC1(O)C(=O)OCc2c1cc1n(c2=O)Cc2c-1nc1cc(F)c(C)c3c1c2C(NC(=O)OCc1ccc(OC2OC(C(=O)O)C(O)C(O)C2O)c(CNC(=O)CCNC(=O)C(CNC(=O)CCOCCOC)NC(=O)CCC(=O)N2Cc4ccccc4-c4c(nnn4C(C)C)-c4ccccc42)c1)CC3. The van der Waals surface area contributed by atoms with Crippen molar-refractivity contribution in [1.29, 1.82) is 0 Å². The largest absolute Gasteiger partial charge is 0.479 e. The lowest BCUT2D eigenvalue weighted by Crippen LogP contribution is -2.61. The molecular formula is C73H80FN11O20. The third-order valence-corrected chi connectivity index (χ3v) is 19.5. The van der Waals surface area contributed by atoms with E-state index >= 15 is 4.39 Å². The number of para-hydroxylation sites is 1. The first-order chi connectivity index (χ1) is 50.4. The number of cyclic esters (lactones) is 1. The molecular weight excluding hydrogens is 1370 g/mol. The number of anilines is 1. The van der Waals surface area contributed by atoms with Gasteiger partial charge in [0, 0.05) is 97.7 Å². The predicted octanol–water partition coefficient (Wildman–Crippen LogP) is 3.32. The number of amides is 6. The Bertz CT molecular complexity index is 4660. The average molecular weight is 1450 g/mol. The first kappa shape index (κ1) is 74.1. The van der Waals surface area contributed by atoms with Crippen LogP contribution in [0.4, 0.5) is 14.9 Å². The molecule has 1 fully saturated rings. The van der Waals surface area contributed by atoms with Gasteiger partial charge in [0.1, 0.15) is 54.8 Å². The van der Waals surface area contributed by atoms with Crippen LogP contribution in [0, 0.1) is 12.7 Å². The van der Waals surface area contributed by atoms with Crippen LogP contribution in [0.2, 0.25) is 0 Å². The highest BCUT2D eigenvalue weighted by molar-refractivity contribution is 6.02. The van der Waals surface area contributed by atoms with Gasteiger partial charge in [-0.1, -0.05) is 60.7 Å². The van der Waals surface area contributed by atoms with Gasteiger partial charge >= 0.3 is 18.0 Å². The number of methoxy groups -OCH3 is 1. The zero-order valence-electron chi connectivity index (χ0n) is 58.1. The summed E-state index contributed by atoms with van der Waals surface area (Å²) in [5.74, 6) is -6.34. The fraction of sp³-hybridized carbons (Fsp3) is 0.425. The van der Waals surface area contributed by atoms with Crippen molar-refractivity contribution >= 4 is 64.2 Å². The molecule has 7 aromatic rings. The Hall–Kier alpha value is -10.6. The number of carbonyl (C=O) groups excluding carboxylic acids is 7. The van der Waals surface area contributed by atoms with Gasteiger partial charge in [-0.15, -0.1) is 5.10 Å². The maximum atomic E-state index is 15.7. The topological polar surface area (TPSA) is 422 Å². The summed E-state index contributed by atoms with van der Waals surface area (Å²) in [6.07, 6.45) is -11.6. The number of halogens is 1. The molecule has 0 bridgehead atoms. The lowest BCUT2D eigenvalue weighted by molar-refractivity contribution is -0.271. The van der Waals surface area contributed by atoms with Gasteiger partial charge in [0.05, 0.1) is 72.8 Å². The van der Waals surface area contributed by atoms with Crippen LogP contribution in [0.25, 0.3) is 44.8 Å². The Kier molecular flexibility index (Phi) is 22.1. The van der Waals surface area contributed by atoms with Crippen LogP contribution >= 0.6 is 0 Å². The molecule has 4 aliphatic heterocycles. The van der Waals surface area contributed by atoms with Gasteiger partial charge in [0.2, 0.25) is 35.8 Å². The van der Waals surface area contributed by atoms with Gasteiger partial charge < -0.3 is 90.0 Å². The number of alkyl carbamates (subject to hydrolysis) is 1. The molecule has 10 N–H and O–H groups in total. The van der Waals surface area contributed by atoms with Crippen molar-refractivity contribution in [3.63, 3.8) is 0 Å². The molecule has 3 aromatic heterocycles. The van der Waals surface area contributed by atoms with Gasteiger partial charge in [-0.05, 0) is 92.1 Å². The second kappa shape index (κ2) is 31.4. The minimum Gasteiger partial charge on any atom is -0.479 e. The van der Waals surface area contributed by atoms with Crippen LogP contribution in [-0.4, -0.2) is 174 Å². The summed E-state index contributed by atoms with van der Waals surface area (Å²) >= 11 is 0. The van der Waals surface area contributed by atoms with Crippen molar-refractivity contribution in [2.75, 3.05) is 44.9 Å². The molecule has 8 atom stereocenters. The van der Waals surface area contributed by atoms with E-state index in [1.807, 2.05) is 54.9 Å². The lowest BCUT2D eigenvalue weighted by atomic mass is 9.81. The van der Waals surface area contributed by atoms with Crippen LogP contribution in [0.3, 0.4) is 0 Å². The number of ether oxygens (including phenoxy) is 6. The third-order valence-electron chi connectivity index (χ3n) is 19.5. The highest BCUT2D eigenvalue weighted by Gasteiger charge is 2.49. The lowest BCUT2D eigenvalue weighted by Gasteiger charge is -2.38. The van der Waals surface area contributed by atoms with Gasteiger partial charge in [-0.3, -0.25) is 28.8 Å². The number of carboxylic acids is 1. The van der Waals surface area contributed by atoms with Gasteiger partial charge in [-0.25, -0.2) is 28.4 Å². The number of aliphatic carboxylic acids is 1. The number of aliphatic hydroxyl groups is 4. The molecule has 6 amide bonds. The summed E-state index contributed by atoms with van der Waals surface area (Å²) < 4.78 is 51.8. The third kappa shape index (κ3) is 15.1. The van der Waals surface area contributed by atoms with Crippen LogP contribution in [0.1, 0.15) is 121 Å². The van der Waals surface area contributed by atoms with Gasteiger partial charge in [0.15, 0.2) is 11.7 Å². The van der Waals surface area contributed by atoms with Crippen LogP contribution < -0.4 is 41.8 Å². The minimum atomic E-state index is -2.12. The Morgan fingerprint density at radius 1 is 0.819 bits per heavy atom. The standard InChI is InChI=1S/C73H80FN11O20/c1-6-73(99)46-28-52-60-44(33-84(52)68(94)45(46)35-102-71(73)97)59-48(17-16-41-37(4)47(74)29-49(79-60)58(41)59)80-72(98)103-34-38-15-18-53(104-70-65(92)63(90)64(91)66(105-70)69(95)96)40(27-38)30-76-54(86)21-23-75-67(93)50(31-77-55(87)22-24-101-26-25-100-5)78-56(88)19-20-57(89)83-32-39-11-7-8-12-42(39)62-61(81-82-85(62)36(2)3)43-13-9-10-14-51(43)83/h7-15,18,27-29,36,48,50,63-66,70,90-92,99H,6,16-17,19-26,30-35H2,1-5H3,(H,75,93)(H,76,86)(H,77,87)(H,78,88)(H,80,98)(H,95,96). The van der Waals surface area contributed by atoms with Crippen LogP contribution in [0.5, 0.6) is 5.75 Å². The van der Waals surface area contributed by atoms with Crippen molar-refractivity contribution in [3.8, 4) is 39.7 Å². The molecule has 7 heterocycles. The van der Waals surface area contributed by atoms with E-state index in [4.69, 9.17) is 33.4 Å². The van der Waals surface area contributed by atoms with Gasteiger partial charge in [0.25, 0.3) is 5.56 Å². The van der Waals surface area contributed by atoms with E-state index < -0.39 is 120 Å². The molecule has 0 spiro atoms. The second-order valence-electron chi connectivity index (χ2n) is 26.5. The number of carboxylic acid groups (broad SMARTS) is 1. The number of fused-ring (bicyclic) bond motifs is 10. The Balaban J connectivity index is 0.723. The van der Waals surface area contributed by atoms with E-state index in [1.165, 1.54) is 42.0 Å². The van der Waals surface area contributed by atoms with Crippen molar-refractivity contribution in [2.45, 2.75) is 160 Å². The van der Waals surface area contributed by atoms with Crippen molar-refractivity contribution < 1.29 is 96.7 Å². The Morgan fingerprint density at radius 2 is 1.58 bits per heavy atom. The molecule has 1 aliphatic carbocycles. The zero-order chi connectivity index (χ0) is 74.7. The average Bonchev–Trinajstić information content (AvgIpc) is 1.60. The summed E-state index contributed by atoms with van der Waals surface area (Å²) in [4.78, 5) is 129. The molecule has 554 valence electrons. The van der Waals surface area contributed by atoms with E-state index in [0.717, 1.165) is 16.8 Å². The number of hydrogen-bond donors (Lipinski definition) is 10. The Labute approximate surface area is 599 Å². The highest BCUT2D eigenvalue weighted by atomic mass is 19.1. The number of esters is 1. The molecule has 31 nitrogen and oxygen atoms in total. The normalized spacial score (nSPS) is 20.0. The highest BCUT2D eigenvalue weighted by Crippen LogP contribution is 2.47. The number of aliphatic hydroxyl groups excluding tert-OH is 3. The van der Waals surface area contributed by atoms with Crippen LogP contribution in [0.15, 0.2) is 83.7 Å². The Morgan fingerprint density at radius 3 is 2.34 bits per heavy atom. The van der Waals surface area contributed by atoms with Crippen molar-refractivity contribution in [1.82, 2.24) is 51.1 Å². The monoisotopic (exact) mass is 1450 g/mol. The second-order valence-corrected chi connectivity index (χ2v) is 26.5. The summed E-state index contributed by atoms with van der Waals surface area (Å²) in [5.41, 5.74) is 5.11. The summed E-state index contributed by atoms with van der Waals surface area (Å²) in [6.45, 7) is 5.97. The molecule has 12 rings (SSSR count). The number of hydrogen-bond acceptors (Lipinski definition) is 22. The number of aromatic nitrogens is 5. The molecule has 8 unspecified atom stereocenters. The number of rotatable bonds is 26. The maximum absolute atomic E-state index is 15.7. The fourth-order valence-electron chi connectivity index (χ4n) is 13.9. The van der Waals surface area contributed by atoms with E-state index in [0.29, 0.717) is 63.2 Å².